The van der Waals surface area contributed by atoms with Gasteiger partial charge in [-0.15, -0.1) is 0 Å². The maximum atomic E-state index is 10.9. The van der Waals surface area contributed by atoms with Gasteiger partial charge < -0.3 is 9.84 Å². The summed E-state index contributed by atoms with van der Waals surface area (Å²) in [5.41, 5.74) is 1.38. The second-order valence-corrected chi connectivity index (χ2v) is 3.61. The Morgan fingerprint density at radius 1 is 1.47 bits per heavy atom. The number of nitro benzene ring substituents is 1. The van der Waals surface area contributed by atoms with Gasteiger partial charge >= 0.3 is 0 Å². The first-order chi connectivity index (χ1) is 8.16. The Bertz CT molecular complexity index is 523. The zero-order chi connectivity index (χ0) is 12.3. The van der Waals surface area contributed by atoms with E-state index in [2.05, 4.69) is 10.5 Å². The quantitative estimate of drug-likeness (QED) is 0.648. The maximum Gasteiger partial charge on any atom is 0.292 e. The number of hydrogen-bond donors (Lipinski definition) is 1. The van der Waals surface area contributed by atoms with E-state index in [1.54, 1.807) is 12.1 Å². The average molecular weight is 233 g/mol. The van der Waals surface area contributed by atoms with Crippen molar-refractivity contribution in [3.05, 3.63) is 51.9 Å². The van der Waals surface area contributed by atoms with Gasteiger partial charge in [0.25, 0.3) is 5.69 Å². The summed E-state index contributed by atoms with van der Waals surface area (Å²) in [6.45, 7) is 2.18. The number of nitrogens with zero attached hydrogens (tertiary/aromatic N) is 2. The van der Waals surface area contributed by atoms with E-state index in [-0.39, 0.29) is 5.69 Å². The topological polar surface area (TPSA) is 81.2 Å². The lowest BCUT2D eigenvalue weighted by molar-refractivity contribution is -0.384. The fourth-order valence-corrected chi connectivity index (χ4v) is 1.46. The number of hydrogen-bond acceptors (Lipinski definition) is 5. The van der Waals surface area contributed by atoms with Gasteiger partial charge in [-0.2, -0.15) is 0 Å². The van der Waals surface area contributed by atoms with Gasteiger partial charge in [0.2, 0.25) is 0 Å². The van der Waals surface area contributed by atoms with Gasteiger partial charge in [-0.05, 0) is 18.6 Å². The van der Waals surface area contributed by atoms with Gasteiger partial charge in [0.15, 0.2) is 5.76 Å². The van der Waals surface area contributed by atoms with E-state index in [0.29, 0.717) is 18.0 Å². The highest BCUT2D eigenvalue weighted by molar-refractivity contribution is 5.62. The fraction of sp³-hybridized carbons (Fsp3) is 0.182. The number of aryl methyl sites for hydroxylation is 1. The molecule has 1 aromatic heterocycles. The molecule has 0 radical (unpaired) electrons. The molecule has 2 rings (SSSR count). The second-order valence-electron chi connectivity index (χ2n) is 3.61. The van der Waals surface area contributed by atoms with E-state index in [0.717, 1.165) is 5.56 Å². The van der Waals surface area contributed by atoms with Crippen LogP contribution in [0, 0.1) is 17.0 Å². The van der Waals surface area contributed by atoms with Crippen molar-refractivity contribution in [1.82, 2.24) is 5.16 Å². The van der Waals surface area contributed by atoms with E-state index in [1.807, 2.05) is 13.0 Å². The van der Waals surface area contributed by atoms with Crippen molar-refractivity contribution in [2.45, 2.75) is 13.5 Å². The van der Waals surface area contributed by atoms with Crippen LogP contribution in [0.1, 0.15) is 11.3 Å². The third-order valence-electron chi connectivity index (χ3n) is 2.29. The first-order valence-corrected chi connectivity index (χ1v) is 5.05. The van der Waals surface area contributed by atoms with Crippen molar-refractivity contribution in [3.8, 4) is 0 Å². The van der Waals surface area contributed by atoms with E-state index in [1.165, 1.54) is 12.3 Å². The summed E-state index contributed by atoms with van der Waals surface area (Å²) in [6.07, 6.45) is 1.53. The Kier molecular flexibility index (Phi) is 3.04. The molecule has 88 valence electrons. The van der Waals surface area contributed by atoms with E-state index in [9.17, 15) is 10.1 Å². The summed E-state index contributed by atoms with van der Waals surface area (Å²) < 4.78 is 4.90. The number of anilines is 1. The monoisotopic (exact) mass is 233 g/mol. The predicted molar refractivity (Wildman–Crippen MR) is 61.7 cm³/mol. The van der Waals surface area contributed by atoms with Crippen LogP contribution in [0.15, 0.2) is 35.0 Å². The van der Waals surface area contributed by atoms with Crippen LogP contribution in [0.4, 0.5) is 11.4 Å². The molecular weight excluding hydrogens is 222 g/mol. The summed E-state index contributed by atoms with van der Waals surface area (Å²) in [7, 11) is 0. The van der Waals surface area contributed by atoms with Crippen LogP contribution in [-0.4, -0.2) is 10.1 Å². The molecule has 6 nitrogen and oxygen atoms in total. The largest absolute Gasteiger partial charge is 0.372 e. The van der Waals surface area contributed by atoms with Crippen LogP contribution in [0.5, 0.6) is 0 Å². The van der Waals surface area contributed by atoms with Crippen LogP contribution >= 0.6 is 0 Å². The van der Waals surface area contributed by atoms with Gasteiger partial charge in [-0.3, -0.25) is 10.1 Å². The maximum absolute atomic E-state index is 10.9. The molecule has 0 aliphatic carbocycles. The Balaban J connectivity index is 2.17. The minimum atomic E-state index is -0.407. The molecule has 0 saturated carbocycles. The van der Waals surface area contributed by atoms with Crippen molar-refractivity contribution in [2.75, 3.05) is 5.32 Å². The van der Waals surface area contributed by atoms with Gasteiger partial charge in [-0.1, -0.05) is 11.2 Å². The third kappa shape index (κ3) is 2.60. The van der Waals surface area contributed by atoms with Gasteiger partial charge in [0, 0.05) is 12.1 Å². The molecule has 0 aliphatic heterocycles. The normalized spacial score (nSPS) is 10.2. The first kappa shape index (κ1) is 11.1. The minimum absolute atomic E-state index is 0.0597. The Labute approximate surface area is 97.4 Å². The zero-order valence-corrected chi connectivity index (χ0v) is 9.21. The van der Waals surface area contributed by atoms with Crippen molar-refractivity contribution in [1.29, 1.82) is 0 Å². The molecule has 1 aromatic carbocycles. The lowest BCUT2D eigenvalue weighted by atomic mass is 10.2. The zero-order valence-electron chi connectivity index (χ0n) is 9.21. The standard InChI is InChI=1S/C11H11N3O3/c1-8-2-3-10(11(6-8)14(15)16)12-7-9-4-5-13-17-9/h2-6,12H,7H2,1H3. The first-order valence-electron chi connectivity index (χ1n) is 5.05. The lowest BCUT2D eigenvalue weighted by Crippen LogP contribution is -2.02. The summed E-state index contributed by atoms with van der Waals surface area (Å²) in [5, 5.41) is 17.4. The lowest BCUT2D eigenvalue weighted by Gasteiger charge is -2.05. The van der Waals surface area contributed by atoms with Crippen molar-refractivity contribution >= 4 is 11.4 Å². The van der Waals surface area contributed by atoms with Gasteiger partial charge in [0.1, 0.15) is 5.69 Å². The summed E-state index contributed by atoms with van der Waals surface area (Å²) in [6, 6.07) is 6.73. The van der Waals surface area contributed by atoms with Gasteiger partial charge in [-0.25, -0.2) is 0 Å². The molecule has 1 N–H and O–H groups in total. The molecule has 0 unspecified atom stereocenters. The number of nitro groups is 1. The smallest absolute Gasteiger partial charge is 0.292 e. The third-order valence-corrected chi connectivity index (χ3v) is 2.29. The highest BCUT2D eigenvalue weighted by Gasteiger charge is 2.13. The fourth-order valence-electron chi connectivity index (χ4n) is 1.46. The molecule has 2 aromatic rings. The Hall–Kier alpha value is -2.37. The molecule has 0 atom stereocenters. The second kappa shape index (κ2) is 4.65. The van der Waals surface area contributed by atoms with E-state index in [4.69, 9.17) is 4.52 Å². The minimum Gasteiger partial charge on any atom is -0.372 e. The van der Waals surface area contributed by atoms with Crippen LogP contribution in [0.2, 0.25) is 0 Å². The predicted octanol–water partition coefficient (Wildman–Crippen LogP) is 2.50. The van der Waals surface area contributed by atoms with Crippen LogP contribution in [0.3, 0.4) is 0 Å². The molecule has 0 spiro atoms. The van der Waals surface area contributed by atoms with Crippen molar-refractivity contribution < 1.29 is 9.45 Å². The number of nitrogens with one attached hydrogen (secondary N) is 1. The number of rotatable bonds is 4. The van der Waals surface area contributed by atoms with Gasteiger partial charge in [0.05, 0.1) is 17.7 Å². The molecule has 0 bridgehead atoms. The van der Waals surface area contributed by atoms with Crippen molar-refractivity contribution in [2.24, 2.45) is 0 Å². The Morgan fingerprint density at radius 2 is 2.29 bits per heavy atom. The Morgan fingerprint density at radius 3 is 2.94 bits per heavy atom. The molecule has 6 heteroatoms. The molecule has 1 heterocycles. The number of aromatic nitrogens is 1. The van der Waals surface area contributed by atoms with E-state index >= 15 is 0 Å². The van der Waals surface area contributed by atoms with Crippen LogP contribution < -0.4 is 5.32 Å². The molecule has 0 amide bonds. The summed E-state index contributed by atoms with van der Waals surface area (Å²) in [4.78, 5) is 10.5. The highest BCUT2D eigenvalue weighted by Crippen LogP contribution is 2.25. The molecule has 0 fully saturated rings. The van der Waals surface area contributed by atoms with Crippen molar-refractivity contribution in [3.63, 3.8) is 0 Å². The van der Waals surface area contributed by atoms with Crippen LogP contribution in [-0.2, 0) is 6.54 Å². The summed E-state index contributed by atoms with van der Waals surface area (Å²) >= 11 is 0. The molecule has 0 saturated heterocycles. The van der Waals surface area contributed by atoms with Crippen LogP contribution in [0.25, 0.3) is 0 Å². The molecular formula is C11H11N3O3. The summed E-state index contributed by atoms with van der Waals surface area (Å²) in [5.74, 6) is 0.625. The number of benzene rings is 1. The molecule has 17 heavy (non-hydrogen) atoms. The molecule has 0 aliphatic rings. The highest BCUT2D eigenvalue weighted by atomic mass is 16.6. The van der Waals surface area contributed by atoms with E-state index < -0.39 is 4.92 Å². The SMILES string of the molecule is Cc1ccc(NCc2ccno2)c([N+](=O)[O-])c1. The average Bonchev–Trinajstić information content (AvgIpc) is 2.80.